The van der Waals surface area contributed by atoms with E-state index >= 15 is 0 Å². The van der Waals surface area contributed by atoms with Gasteiger partial charge in [-0.2, -0.15) is 0 Å². The molecule has 0 spiro atoms. The minimum atomic E-state index is -2.11. The van der Waals surface area contributed by atoms with E-state index in [9.17, 15) is 14.0 Å². The average Bonchev–Trinajstić information content (AvgIpc) is 1.87. The number of hydrogen-bond acceptors (Lipinski definition) is 3. The summed E-state index contributed by atoms with van der Waals surface area (Å²) in [6.07, 6.45) is -2.11. The molecule has 0 amide bonds. The highest BCUT2D eigenvalue weighted by molar-refractivity contribution is 6.00. The maximum atomic E-state index is 12.3. The standard InChI is InChI=1S/C6H9FO3/c1-3-10-6(9)5(7)4(2)8/h5H,3H2,1-2H3/t5-/m1/s1. The maximum Gasteiger partial charge on any atom is 0.348 e. The van der Waals surface area contributed by atoms with Gasteiger partial charge in [-0.3, -0.25) is 4.79 Å². The average molecular weight is 148 g/mol. The smallest absolute Gasteiger partial charge is 0.348 e. The molecule has 0 fully saturated rings. The minimum Gasteiger partial charge on any atom is -0.463 e. The van der Waals surface area contributed by atoms with Crippen molar-refractivity contribution in [1.82, 2.24) is 0 Å². The van der Waals surface area contributed by atoms with Gasteiger partial charge in [-0.15, -0.1) is 0 Å². The first-order valence-electron chi connectivity index (χ1n) is 2.90. The summed E-state index contributed by atoms with van der Waals surface area (Å²) < 4.78 is 16.5. The summed E-state index contributed by atoms with van der Waals surface area (Å²) in [6, 6.07) is 0. The number of Topliss-reactive ketones (excluding diaryl/α,β-unsaturated/α-hetero) is 1. The summed E-state index contributed by atoms with van der Waals surface area (Å²) in [5.74, 6) is -1.92. The third-order valence-corrected chi connectivity index (χ3v) is 0.850. The van der Waals surface area contributed by atoms with Gasteiger partial charge >= 0.3 is 5.97 Å². The lowest BCUT2D eigenvalue weighted by molar-refractivity contribution is -0.152. The second-order valence-electron chi connectivity index (χ2n) is 1.73. The Bertz CT molecular complexity index is 144. The van der Waals surface area contributed by atoms with Gasteiger partial charge in [0.1, 0.15) is 0 Å². The number of hydrogen-bond donors (Lipinski definition) is 0. The Kier molecular flexibility index (Phi) is 3.61. The molecule has 0 bridgehead atoms. The second-order valence-corrected chi connectivity index (χ2v) is 1.73. The van der Waals surface area contributed by atoms with E-state index in [1.54, 1.807) is 6.92 Å². The molecule has 1 atom stereocenters. The largest absolute Gasteiger partial charge is 0.463 e. The summed E-state index contributed by atoms with van der Waals surface area (Å²) in [7, 11) is 0. The monoisotopic (exact) mass is 148 g/mol. The van der Waals surface area contributed by atoms with Crippen molar-refractivity contribution in [2.45, 2.75) is 20.0 Å². The molecule has 0 N–H and O–H groups in total. The van der Waals surface area contributed by atoms with Crippen LogP contribution in [0, 0.1) is 0 Å². The Morgan fingerprint density at radius 2 is 2.10 bits per heavy atom. The quantitative estimate of drug-likeness (QED) is 0.431. The predicted octanol–water partition coefficient (Wildman–Crippen LogP) is 0.477. The first-order valence-corrected chi connectivity index (χ1v) is 2.90. The zero-order valence-corrected chi connectivity index (χ0v) is 5.89. The number of ketones is 1. The summed E-state index contributed by atoms with van der Waals surface area (Å²) in [6.45, 7) is 2.64. The Labute approximate surface area is 58.2 Å². The van der Waals surface area contributed by atoms with E-state index in [4.69, 9.17) is 0 Å². The van der Waals surface area contributed by atoms with Gasteiger partial charge in [-0.25, -0.2) is 9.18 Å². The normalized spacial score (nSPS) is 12.3. The van der Waals surface area contributed by atoms with Crippen molar-refractivity contribution in [2.75, 3.05) is 6.61 Å². The van der Waals surface area contributed by atoms with Crippen LogP contribution in [0.5, 0.6) is 0 Å². The van der Waals surface area contributed by atoms with E-state index < -0.39 is 17.9 Å². The molecule has 0 aromatic heterocycles. The lowest BCUT2D eigenvalue weighted by atomic mass is 10.3. The highest BCUT2D eigenvalue weighted by Gasteiger charge is 2.22. The fourth-order valence-corrected chi connectivity index (χ4v) is 0.381. The number of esters is 1. The van der Waals surface area contributed by atoms with Crippen molar-refractivity contribution in [3.05, 3.63) is 0 Å². The molecule has 4 heteroatoms. The molecule has 10 heavy (non-hydrogen) atoms. The van der Waals surface area contributed by atoms with Crippen LogP contribution in [0.2, 0.25) is 0 Å². The van der Waals surface area contributed by atoms with Gasteiger partial charge in [-0.1, -0.05) is 0 Å². The van der Waals surface area contributed by atoms with Crippen LogP contribution in [0.1, 0.15) is 13.8 Å². The van der Waals surface area contributed by atoms with Crippen molar-refractivity contribution in [3.63, 3.8) is 0 Å². The van der Waals surface area contributed by atoms with E-state index in [2.05, 4.69) is 4.74 Å². The fraction of sp³-hybridized carbons (Fsp3) is 0.667. The summed E-state index contributed by atoms with van der Waals surface area (Å²) >= 11 is 0. The molecule has 0 aromatic carbocycles. The SMILES string of the molecule is CCOC(=O)[C@H](F)C(C)=O. The van der Waals surface area contributed by atoms with Crippen LogP contribution in [-0.2, 0) is 14.3 Å². The molecular weight excluding hydrogens is 139 g/mol. The molecule has 0 radical (unpaired) electrons. The van der Waals surface area contributed by atoms with Crippen molar-refractivity contribution in [1.29, 1.82) is 0 Å². The van der Waals surface area contributed by atoms with Crippen LogP contribution >= 0.6 is 0 Å². The molecular formula is C6H9FO3. The molecule has 0 saturated heterocycles. The molecule has 0 saturated carbocycles. The predicted molar refractivity (Wildman–Crippen MR) is 32.2 cm³/mol. The Balaban J connectivity index is 3.82. The Morgan fingerprint density at radius 1 is 1.60 bits per heavy atom. The first-order chi connectivity index (χ1) is 4.59. The summed E-state index contributed by atoms with van der Waals surface area (Å²) in [5.41, 5.74) is 0. The number of ether oxygens (including phenoxy) is 1. The van der Waals surface area contributed by atoms with E-state index in [-0.39, 0.29) is 6.61 Å². The van der Waals surface area contributed by atoms with Crippen LogP contribution in [0.3, 0.4) is 0 Å². The topological polar surface area (TPSA) is 43.4 Å². The summed E-state index contributed by atoms with van der Waals surface area (Å²) in [4.78, 5) is 20.6. The van der Waals surface area contributed by atoms with Crippen molar-refractivity contribution in [3.8, 4) is 0 Å². The number of halogens is 1. The molecule has 58 valence electrons. The number of rotatable bonds is 3. The zero-order valence-electron chi connectivity index (χ0n) is 5.89. The third-order valence-electron chi connectivity index (χ3n) is 0.850. The summed E-state index contributed by atoms with van der Waals surface area (Å²) in [5, 5.41) is 0. The third kappa shape index (κ3) is 2.57. The van der Waals surface area contributed by atoms with Crippen LogP contribution in [0.15, 0.2) is 0 Å². The van der Waals surface area contributed by atoms with E-state index in [0.717, 1.165) is 6.92 Å². The van der Waals surface area contributed by atoms with E-state index in [0.29, 0.717) is 0 Å². The zero-order chi connectivity index (χ0) is 8.15. The fourth-order valence-electron chi connectivity index (χ4n) is 0.381. The highest BCUT2D eigenvalue weighted by atomic mass is 19.1. The van der Waals surface area contributed by atoms with Crippen LogP contribution in [0.4, 0.5) is 4.39 Å². The molecule has 0 heterocycles. The van der Waals surface area contributed by atoms with Crippen molar-refractivity contribution < 1.29 is 18.7 Å². The van der Waals surface area contributed by atoms with Gasteiger partial charge in [0.15, 0.2) is 5.78 Å². The number of carbonyl (C=O) groups is 2. The van der Waals surface area contributed by atoms with Crippen LogP contribution in [-0.4, -0.2) is 24.5 Å². The van der Waals surface area contributed by atoms with Gasteiger partial charge in [0.25, 0.3) is 6.17 Å². The van der Waals surface area contributed by atoms with E-state index in [1.807, 2.05) is 0 Å². The van der Waals surface area contributed by atoms with E-state index in [1.165, 1.54) is 0 Å². The van der Waals surface area contributed by atoms with Gasteiger partial charge < -0.3 is 4.74 Å². The maximum absolute atomic E-state index is 12.3. The number of alkyl halides is 1. The molecule has 0 aromatic rings. The molecule has 0 rings (SSSR count). The van der Waals surface area contributed by atoms with Gasteiger partial charge in [0, 0.05) is 0 Å². The van der Waals surface area contributed by atoms with Crippen LogP contribution < -0.4 is 0 Å². The van der Waals surface area contributed by atoms with Gasteiger partial charge in [0.2, 0.25) is 0 Å². The molecule has 0 aliphatic carbocycles. The van der Waals surface area contributed by atoms with Gasteiger partial charge in [-0.05, 0) is 13.8 Å². The Hall–Kier alpha value is -0.930. The second kappa shape index (κ2) is 3.98. The highest BCUT2D eigenvalue weighted by Crippen LogP contribution is 1.95. The Morgan fingerprint density at radius 3 is 2.40 bits per heavy atom. The van der Waals surface area contributed by atoms with Crippen molar-refractivity contribution in [2.24, 2.45) is 0 Å². The minimum absolute atomic E-state index is 0.0898. The lowest BCUT2D eigenvalue weighted by Crippen LogP contribution is -2.25. The molecule has 0 unspecified atom stereocenters. The van der Waals surface area contributed by atoms with Gasteiger partial charge in [0.05, 0.1) is 6.61 Å². The lowest BCUT2D eigenvalue weighted by Gasteiger charge is -2.01. The molecule has 0 aliphatic rings. The molecule has 0 aliphatic heterocycles. The number of carbonyl (C=O) groups excluding carboxylic acids is 2. The van der Waals surface area contributed by atoms with Crippen molar-refractivity contribution >= 4 is 11.8 Å². The molecule has 3 nitrogen and oxygen atoms in total. The first kappa shape index (κ1) is 9.07. The van der Waals surface area contributed by atoms with Crippen LogP contribution in [0.25, 0.3) is 0 Å².